The second-order valence-corrected chi connectivity index (χ2v) is 11.0. The van der Waals surface area contributed by atoms with Crippen molar-refractivity contribution in [3.8, 4) is 5.13 Å². The Morgan fingerprint density at radius 3 is 2.55 bits per heavy atom. The van der Waals surface area contributed by atoms with Crippen molar-refractivity contribution in [2.75, 3.05) is 6.61 Å². The average molecular weight is 482 g/mol. The summed E-state index contributed by atoms with van der Waals surface area (Å²) in [5.74, 6) is -1.53. The van der Waals surface area contributed by atoms with Gasteiger partial charge in [-0.25, -0.2) is 13.4 Å². The first-order valence-electron chi connectivity index (χ1n) is 9.46. The summed E-state index contributed by atoms with van der Waals surface area (Å²) in [5, 5.41) is 4.23. The highest BCUT2D eigenvalue weighted by Gasteiger charge is 2.31. The number of hydrogen-bond acceptors (Lipinski definition) is 8. The molecule has 0 aliphatic carbocycles. The van der Waals surface area contributed by atoms with Crippen molar-refractivity contribution in [3.63, 3.8) is 0 Å². The summed E-state index contributed by atoms with van der Waals surface area (Å²) in [5.41, 5.74) is 1.97. The summed E-state index contributed by atoms with van der Waals surface area (Å²) in [6, 6.07) is 3.69. The van der Waals surface area contributed by atoms with Crippen LogP contribution in [0.25, 0.3) is 5.13 Å². The molecule has 0 bridgehead atoms. The van der Waals surface area contributed by atoms with Crippen molar-refractivity contribution in [2.24, 2.45) is 5.92 Å². The Hall–Kier alpha value is -2.34. The number of Topliss-reactive ketones (excluding diaryl/α,β-unsaturated/α-hetero) is 1. The zero-order valence-corrected chi connectivity index (χ0v) is 19.9. The van der Waals surface area contributed by atoms with Gasteiger partial charge in [-0.05, 0) is 37.3 Å². The number of aromatic nitrogens is 2. The lowest BCUT2D eigenvalue weighted by Crippen LogP contribution is -2.45. The molecule has 166 valence electrons. The van der Waals surface area contributed by atoms with E-state index in [9.17, 15) is 18.0 Å². The summed E-state index contributed by atoms with van der Waals surface area (Å²) in [7, 11) is -3.86. The zero-order chi connectivity index (χ0) is 22.8. The van der Waals surface area contributed by atoms with Crippen molar-refractivity contribution in [1.82, 2.24) is 14.3 Å². The molecule has 3 aromatic heterocycles. The van der Waals surface area contributed by atoms with Gasteiger partial charge < -0.3 is 4.74 Å². The molecule has 0 spiro atoms. The van der Waals surface area contributed by atoms with Crippen LogP contribution < -0.4 is 4.72 Å². The molecule has 1 unspecified atom stereocenters. The molecule has 3 aromatic rings. The number of ketones is 1. The van der Waals surface area contributed by atoms with E-state index in [1.54, 1.807) is 44.5 Å². The van der Waals surface area contributed by atoms with Crippen LogP contribution in [0.15, 0.2) is 39.4 Å². The predicted octanol–water partition coefficient (Wildman–Crippen LogP) is 3.34. The second-order valence-electron chi connectivity index (χ2n) is 7.24. The lowest BCUT2D eigenvalue weighted by Gasteiger charge is -2.20. The van der Waals surface area contributed by atoms with Gasteiger partial charge in [0.2, 0.25) is 5.78 Å². The monoisotopic (exact) mass is 481 g/mol. The zero-order valence-electron chi connectivity index (χ0n) is 17.5. The summed E-state index contributed by atoms with van der Waals surface area (Å²) >= 11 is 2.50. The van der Waals surface area contributed by atoms with E-state index >= 15 is 0 Å². The largest absolute Gasteiger partial charge is 0.456 e. The summed E-state index contributed by atoms with van der Waals surface area (Å²) < 4.78 is 34.5. The number of aryl methyl sites for hydroxylation is 1. The molecule has 3 rings (SSSR count). The van der Waals surface area contributed by atoms with Crippen LogP contribution in [0.4, 0.5) is 0 Å². The van der Waals surface area contributed by atoms with Gasteiger partial charge in [0.1, 0.15) is 10.3 Å². The van der Waals surface area contributed by atoms with Crippen molar-refractivity contribution in [3.05, 3.63) is 52.1 Å². The maximum absolute atomic E-state index is 12.7. The van der Waals surface area contributed by atoms with Crippen LogP contribution in [0.2, 0.25) is 0 Å². The molecule has 0 aliphatic rings. The van der Waals surface area contributed by atoms with Gasteiger partial charge in [-0.3, -0.25) is 14.2 Å². The Kier molecular flexibility index (Phi) is 7.10. The van der Waals surface area contributed by atoms with E-state index in [4.69, 9.17) is 4.74 Å². The summed E-state index contributed by atoms with van der Waals surface area (Å²) in [6.07, 6.45) is 1.69. The van der Waals surface area contributed by atoms with E-state index in [-0.39, 0.29) is 15.9 Å². The van der Waals surface area contributed by atoms with Gasteiger partial charge in [0.25, 0.3) is 10.0 Å². The molecule has 0 aliphatic heterocycles. The minimum atomic E-state index is -3.86. The van der Waals surface area contributed by atoms with Crippen LogP contribution in [0.3, 0.4) is 0 Å². The highest BCUT2D eigenvalue weighted by molar-refractivity contribution is 7.91. The van der Waals surface area contributed by atoms with Crippen molar-refractivity contribution >= 4 is 44.4 Å². The smallest absolute Gasteiger partial charge is 0.324 e. The molecule has 0 fully saturated rings. The molecule has 1 atom stereocenters. The fourth-order valence-corrected chi connectivity index (χ4v) is 6.16. The quantitative estimate of drug-likeness (QED) is 0.371. The van der Waals surface area contributed by atoms with Gasteiger partial charge >= 0.3 is 5.97 Å². The maximum atomic E-state index is 12.7. The van der Waals surface area contributed by atoms with Gasteiger partial charge in [0.05, 0.1) is 0 Å². The molecule has 0 radical (unpaired) electrons. The van der Waals surface area contributed by atoms with Crippen LogP contribution in [-0.4, -0.2) is 42.4 Å². The van der Waals surface area contributed by atoms with Crippen molar-refractivity contribution in [1.29, 1.82) is 0 Å². The highest BCUT2D eigenvalue weighted by Crippen LogP contribution is 2.23. The minimum Gasteiger partial charge on any atom is -0.456 e. The third-order valence-corrected chi connectivity index (χ3v) is 8.25. The first kappa shape index (κ1) is 23.3. The van der Waals surface area contributed by atoms with Gasteiger partial charge in [-0.1, -0.05) is 19.9 Å². The Bertz CT molecular complexity index is 1160. The number of thiazole rings is 1. The molecular weight excluding hydrogens is 458 g/mol. The average Bonchev–Trinajstić information content (AvgIpc) is 3.45. The number of carbonyl (C=O) groups excluding carboxylic acids is 2. The van der Waals surface area contributed by atoms with Crippen molar-refractivity contribution < 1.29 is 22.7 Å². The van der Waals surface area contributed by atoms with Gasteiger partial charge in [0, 0.05) is 28.5 Å². The molecule has 3 heterocycles. The standard InChI is InChI=1S/C20H23N3O5S3/c1-12(2)18(22-31(26,27)17-6-5-8-29-17)19(25)28-11-16(24)15-10-13(3)23(14(15)4)20-21-7-9-30-20/h5-10,12,18,22H,11H2,1-4H3. The molecule has 0 amide bonds. The molecule has 31 heavy (non-hydrogen) atoms. The molecule has 8 nitrogen and oxygen atoms in total. The Labute approximate surface area is 188 Å². The van der Waals surface area contributed by atoms with Crippen LogP contribution in [0.1, 0.15) is 35.6 Å². The van der Waals surface area contributed by atoms with Gasteiger partial charge in [-0.15, -0.1) is 22.7 Å². The lowest BCUT2D eigenvalue weighted by molar-refractivity contribution is -0.145. The first-order chi connectivity index (χ1) is 14.6. The number of thiophene rings is 1. The van der Waals surface area contributed by atoms with E-state index in [1.807, 2.05) is 16.9 Å². The topological polar surface area (TPSA) is 107 Å². The predicted molar refractivity (Wildman–Crippen MR) is 119 cm³/mol. The van der Waals surface area contributed by atoms with Crippen molar-refractivity contribution in [2.45, 2.75) is 37.9 Å². The normalized spacial score (nSPS) is 12.8. The second kappa shape index (κ2) is 9.43. The SMILES string of the molecule is Cc1cc(C(=O)COC(=O)C(NS(=O)(=O)c2cccs2)C(C)C)c(C)n1-c1nccs1. The number of nitrogens with one attached hydrogen (secondary N) is 1. The first-order valence-corrected chi connectivity index (χ1v) is 12.7. The number of carbonyl (C=O) groups is 2. The maximum Gasteiger partial charge on any atom is 0.324 e. The Morgan fingerprint density at radius 1 is 1.23 bits per heavy atom. The van der Waals surface area contributed by atoms with Crippen LogP contribution in [0.5, 0.6) is 0 Å². The van der Waals surface area contributed by atoms with E-state index in [2.05, 4.69) is 9.71 Å². The lowest BCUT2D eigenvalue weighted by atomic mass is 10.1. The fraction of sp³-hybridized carbons (Fsp3) is 0.350. The third kappa shape index (κ3) is 5.12. The molecule has 1 N–H and O–H groups in total. The van der Waals surface area contributed by atoms with Gasteiger partial charge in [0.15, 0.2) is 11.7 Å². The number of rotatable bonds is 9. The van der Waals surface area contributed by atoms with Crippen LogP contribution in [-0.2, 0) is 19.6 Å². The van der Waals surface area contributed by atoms with E-state index in [0.29, 0.717) is 11.3 Å². The third-order valence-electron chi connectivity index (χ3n) is 4.65. The Balaban J connectivity index is 1.70. The van der Waals surface area contributed by atoms with Gasteiger partial charge in [-0.2, -0.15) is 4.72 Å². The molecular formula is C20H23N3O5S3. The molecule has 11 heteroatoms. The van der Waals surface area contributed by atoms with Crippen LogP contribution >= 0.6 is 22.7 Å². The number of esters is 1. The number of sulfonamides is 1. The summed E-state index contributed by atoms with van der Waals surface area (Å²) in [4.78, 5) is 29.6. The molecule has 0 saturated carbocycles. The number of nitrogens with zero attached hydrogens (tertiary/aromatic N) is 2. The van der Waals surface area contributed by atoms with E-state index in [0.717, 1.165) is 22.2 Å². The number of ether oxygens (including phenoxy) is 1. The Morgan fingerprint density at radius 2 is 1.97 bits per heavy atom. The molecule has 0 saturated heterocycles. The highest BCUT2D eigenvalue weighted by atomic mass is 32.2. The summed E-state index contributed by atoms with van der Waals surface area (Å²) in [6.45, 7) is 6.59. The fourth-order valence-electron chi connectivity index (χ4n) is 3.07. The molecule has 0 aromatic carbocycles. The van der Waals surface area contributed by atoms with E-state index in [1.165, 1.54) is 17.4 Å². The number of hydrogen-bond donors (Lipinski definition) is 1. The van der Waals surface area contributed by atoms with Crippen LogP contribution in [0, 0.1) is 19.8 Å². The van der Waals surface area contributed by atoms with E-state index < -0.39 is 28.6 Å². The minimum absolute atomic E-state index is 0.108.